The fourth-order valence-electron chi connectivity index (χ4n) is 3.38. The Balaban J connectivity index is 1.59. The van der Waals surface area contributed by atoms with Crippen LogP contribution in [0.25, 0.3) is 0 Å². The van der Waals surface area contributed by atoms with Gasteiger partial charge in [-0.25, -0.2) is 0 Å². The number of amides is 1. The molecule has 0 saturated carbocycles. The van der Waals surface area contributed by atoms with Crippen LogP contribution in [0.2, 0.25) is 0 Å². The molecule has 1 aromatic rings. The topological polar surface area (TPSA) is 32.8 Å². The average Bonchev–Trinajstić information content (AvgIpc) is 2.73. The summed E-state index contributed by atoms with van der Waals surface area (Å²) in [5, 5.41) is 0. The SMILES string of the molecule is Cc1ccc(CN2CCN(C3CCOCC3)CCC2=O)cc1. The van der Waals surface area contributed by atoms with E-state index in [1.54, 1.807) is 0 Å². The second-order valence-corrected chi connectivity index (χ2v) is 6.43. The lowest BCUT2D eigenvalue weighted by Gasteiger charge is -2.33. The molecule has 2 saturated heterocycles. The van der Waals surface area contributed by atoms with Crippen LogP contribution in [0, 0.1) is 6.92 Å². The Hall–Kier alpha value is -1.39. The van der Waals surface area contributed by atoms with Crippen molar-refractivity contribution in [2.24, 2.45) is 0 Å². The summed E-state index contributed by atoms with van der Waals surface area (Å²) in [6.45, 7) is 7.28. The molecule has 3 rings (SSSR count). The Kier molecular flexibility index (Phi) is 5.11. The quantitative estimate of drug-likeness (QED) is 0.858. The second-order valence-electron chi connectivity index (χ2n) is 6.43. The van der Waals surface area contributed by atoms with Crippen LogP contribution < -0.4 is 0 Å². The van der Waals surface area contributed by atoms with Gasteiger partial charge in [0.15, 0.2) is 0 Å². The molecule has 22 heavy (non-hydrogen) atoms. The maximum absolute atomic E-state index is 12.4. The van der Waals surface area contributed by atoms with Gasteiger partial charge in [-0.3, -0.25) is 9.69 Å². The summed E-state index contributed by atoms with van der Waals surface area (Å²) in [6.07, 6.45) is 2.85. The fraction of sp³-hybridized carbons (Fsp3) is 0.611. The van der Waals surface area contributed by atoms with Gasteiger partial charge in [-0.05, 0) is 25.3 Å². The zero-order valence-electron chi connectivity index (χ0n) is 13.5. The van der Waals surface area contributed by atoms with Crippen molar-refractivity contribution in [1.29, 1.82) is 0 Å². The molecule has 1 amide bonds. The molecule has 0 spiro atoms. The molecule has 2 aliphatic rings. The highest BCUT2D eigenvalue weighted by Crippen LogP contribution is 2.18. The number of hydrogen-bond acceptors (Lipinski definition) is 3. The molecule has 0 atom stereocenters. The summed E-state index contributed by atoms with van der Waals surface area (Å²) in [6, 6.07) is 9.09. The normalized spacial score (nSPS) is 21.9. The standard InChI is InChI=1S/C18H26N2O2/c1-15-2-4-16(5-3-15)14-20-11-10-19(9-6-18(20)21)17-7-12-22-13-8-17/h2-5,17H,6-14H2,1H3. The van der Waals surface area contributed by atoms with E-state index in [0.717, 1.165) is 52.2 Å². The van der Waals surface area contributed by atoms with Crippen molar-refractivity contribution in [3.8, 4) is 0 Å². The average molecular weight is 302 g/mol. The third kappa shape index (κ3) is 3.87. The van der Waals surface area contributed by atoms with Crippen LogP contribution in [0.1, 0.15) is 30.4 Å². The number of ether oxygens (including phenoxy) is 1. The minimum atomic E-state index is 0.287. The van der Waals surface area contributed by atoms with Gasteiger partial charge in [0.2, 0.25) is 5.91 Å². The molecule has 1 aromatic carbocycles. The third-order valence-electron chi connectivity index (χ3n) is 4.82. The Bertz CT molecular complexity index is 494. The van der Waals surface area contributed by atoms with Crippen LogP contribution in [-0.4, -0.2) is 54.6 Å². The molecule has 4 heteroatoms. The van der Waals surface area contributed by atoms with Gasteiger partial charge in [-0.15, -0.1) is 0 Å². The summed E-state index contributed by atoms with van der Waals surface area (Å²) in [5.74, 6) is 0.287. The van der Waals surface area contributed by atoms with Crippen molar-refractivity contribution >= 4 is 5.91 Å². The second kappa shape index (κ2) is 7.25. The van der Waals surface area contributed by atoms with Crippen LogP contribution in [0.15, 0.2) is 24.3 Å². The van der Waals surface area contributed by atoms with Crippen molar-refractivity contribution < 1.29 is 9.53 Å². The van der Waals surface area contributed by atoms with Gasteiger partial charge in [0, 0.05) is 51.9 Å². The lowest BCUT2D eigenvalue weighted by Crippen LogP contribution is -2.41. The predicted octanol–water partition coefficient (Wildman–Crippen LogP) is 2.21. The van der Waals surface area contributed by atoms with Crippen molar-refractivity contribution in [1.82, 2.24) is 9.80 Å². The fourth-order valence-corrected chi connectivity index (χ4v) is 3.38. The molecule has 2 fully saturated rings. The van der Waals surface area contributed by atoms with Crippen LogP contribution in [0.4, 0.5) is 0 Å². The van der Waals surface area contributed by atoms with Gasteiger partial charge in [0.05, 0.1) is 0 Å². The molecule has 0 aliphatic carbocycles. The largest absolute Gasteiger partial charge is 0.381 e. The van der Waals surface area contributed by atoms with E-state index < -0.39 is 0 Å². The molecule has 2 aliphatic heterocycles. The number of carbonyl (C=O) groups is 1. The van der Waals surface area contributed by atoms with Crippen LogP contribution in [0.3, 0.4) is 0 Å². The maximum Gasteiger partial charge on any atom is 0.224 e. The Morgan fingerprint density at radius 3 is 2.55 bits per heavy atom. The van der Waals surface area contributed by atoms with E-state index in [4.69, 9.17) is 4.74 Å². The summed E-state index contributed by atoms with van der Waals surface area (Å²) in [7, 11) is 0. The van der Waals surface area contributed by atoms with Gasteiger partial charge >= 0.3 is 0 Å². The predicted molar refractivity (Wildman–Crippen MR) is 86.6 cm³/mol. The highest BCUT2D eigenvalue weighted by Gasteiger charge is 2.26. The molecule has 0 bridgehead atoms. The van der Waals surface area contributed by atoms with Gasteiger partial charge < -0.3 is 9.64 Å². The van der Waals surface area contributed by atoms with E-state index in [2.05, 4.69) is 36.1 Å². The van der Waals surface area contributed by atoms with Crippen molar-refractivity contribution in [3.05, 3.63) is 35.4 Å². The van der Waals surface area contributed by atoms with Crippen molar-refractivity contribution in [3.63, 3.8) is 0 Å². The van der Waals surface area contributed by atoms with E-state index in [0.29, 0.717) is 12.5 Å². The Morgan fingerprint density at radius 2 is 1.82 bits per heavy atom. The number of aryl methyl sites for hydroxylation is 1. The molecular weight excluding hydrogens is 276 g/mol. The first-order valence-corrected chi connectivity index (χ1v) is 8.37. The summed E-state index contributed by atoms with van der Waals surface area (Å²) in [5.41, 5.74) is 2.48. The highest BCUT2D eigenvalue weighted by atomic mass is 16.5. The summed E-state index contributed by atoms with van der Waals surface area (Å²) < 4.78 is 5.45. The van der Waals surface area contributed by atoms with Gasteiger partial charge in [0.1, 0.15) is 0 Å². The zero-order valence-corrected chi connectivity index (χ0v) is 13.5. The number of carbonyl (C=O) groups excluding carboxylic acids is 1. The maximum atomic E-state index is 12.4. The zero-order chi connectivity index (χ0) is 15.4. The number of nitrogens with zero attached hydrogens (tertiary/aromatic N) is 2. The Labute approximate surface area is 133 Å². The van der Waals surface area contributed by atoms with E-state index >= 15 is 0 Å². The van der Waals surface area contributed by atoms with Crippen molar-refractivity contribution in [2.45, 2.75) is 38.8 Å². The first-order chi connectivity index (χ1) is 10.7. The van der Waals surface area contributed by atoms with Gasteiger partial charge in [-0.1, -0.05) is 29.8 Å². The van der Waals surface area contributed by atoms with E-state index in [9.17, 15) is 4.79 Å². The molecule has 2 heterocycles. The molecule has 0 radical (unpaired) electrons. The molecule has 4 nitrogen and oxygen atoms in total. The minimum absolute atomic E-state index is 0.287. The number of benzene rings is 1. The molecule has 0 aromatic heterocycles. The molecular formula is C18H26N2O2. The Morgan fingerprint density at radius 1 is 1.09 bits per heavy atom. The summed E-state index contributed by atoms with van der Waals surface area (Å²) >= 11 is 0. The lowest BCUT2D eigenvalue weighted by molar-refractivity contribution is -0.130. The lowest BCUT2D eigenvalue weighted by atomic mass is 10.1. The monoisotopic (exact) mass is 302 g/mol. The number of hydrogen-bond donors (Lipinski definition) is 0. The van der Waals surface area contributed by atoms with E-state index in [1.807, 2.05) is 4.90 Å². The smallest absolute Gasteiger partial charge is 0.224 e. The first-order valence-electron chi connectivity index (χ1n) is 8.37. The van der Waals surface area contributed by atoms with E-state index in [1.165, 1.54) is 11.1 Å². The van der Waals surface area contributed by atoms with Gasteiger partial charge in [-0.2, -0.15) is 0 Å². The van der Waals surface area contributed by atoms with Crippen LogP contribution >= 0.6 is 0 Å². The van der Waals surface area contributed by atoms with Gasteiger partial charge in [0.25, 0.3) is 0 Å². The first kappa shape index (κ1) is 15.5. The van der Waals surface area contributed by atoms with Crippen LogP contribution in [-0.2, 0) is 16.1 Å². The summed E-state index contributed by atoms with van der Waals surface area (Å²) in [4.78, 5) is 16.9. The van der Waals surface area contributed by atoms with Crippen molar-refractivity contribution in [2.75, 3.05) is 32.8 Å². The number of rotatable bonds is 3. The molecule has 120 valence electrons. The van der Waals surface area contributed by atoms with Crippen LogP contribution in [0.5, 0.6) is 0 Å². The molecule has 0 unspecified atom stereocenters. The highest BCUT2D eigenvalue weighted by molar-refractivity contribution is 5.76. The van der Waals surface area contributed by atoms with E-state index in [-0.39, 0.29) is 5.91 Å². The molecule has 0 N–H and O–H groups in total. The third-order valence-corrected chi connectivity index (χ3v) is 4.82. The minimum Gasteiger partial charge on any atom is -0.381 e.